The summed E-state index contributed by atoms with van der Waals surface area (Å²) in [6.45, 7) is 17.3. The van der Waals surface area contributed by atoms with E-state index in [9.17, 15) is 9.90 Å². The van der Waals surface area contributed by atoms with Crippen molar-refractivity contribution in [3.63, 3.8) is 0 Å². The van der Waals surface area contributed by atoms with Gasteiger partial charge in [0.05, 0.1) is 31.1 Å². The number of hydrogen-bond acceptors (Lipinski definition) is 4. The molecule has 1 N–H and O–H groups in total. The number of hydrogen-bond donors (Lipinski definition) is 1. The Labute approximate surface area is 184 Å². The number of aliphatic hydroxyl groups excluding tert-OH is 1. The van der Waals surface area contributed by atoms with Gasteiger partial charge in [-0.2, -0.15) is 0 Å². The number of carbonyl (C=O) groups excluding carboxylic acids is 1. The number of nitrogens with zero attached hydrogens (tertiary/aromatic N) is 1. The van der Waals surface area contributed by atoms with Crippen LogP contribution in [0.25, 0.3) is 0 Å². The smallest absolute Gasteiger partial charge is 0.251 e. The number of amides is 1. The third-order valence-corrected chi connectivity index (χ3v) is 12.5. The maximum absolute atomic E-state index is 12.1. The van der Waals surface area contributed by atoms with Crippen molar-refractivity contribution in [3.8, 4) is 0 Å². The molecule has 0 radical (unpaired) electrons. The Kier molecular flexibility index (Phi) is 12.9. The van der Waals surface area contributed by atoms with E-state index in [1.54, 1.807) is 14.0 Å². The molecular formula is C22H44ClNO4Si. The Balaban J connectivity index is 5.15. The molecule has 0 aromatic carbocycles. The third-order valence-electron chi connectivity index (χ3n) is 6.07. The molecule has 0 heterocycles. The molecule has 1 amide bonds. The lowest BCUT2D eigenvalue weighted by atomic mass is 9.97. The molecule has 0 saturated heterocycles. The molecule has 29 heavy (non-hydrogen) atoms. The number of aliphatic hydroxyl groups is 1. The Morgan fingerprint density at radius 1 is 1.10 bits per heavy atom. The van der Waals surface area contributed by atoms with Gasteiger partial charge in [-0.15, -0.1) is 11.6 Å². The molecule has 0 aliphatic carbocycles. The van der Waals surface area contributed by atoms with E-state index in [0.717, 1.165) is 10.6 Å². The van der Waals surface area contributed by atoms with E-state index in [1.807, 2.05) is 6.92 Å². The Hall–Kier alpha value is -0.403. The Morgan fingerprint density at radius 3 is 1.97 bits per heavy atom. The first-order valence-electron chi connectivity index (χ1n) is 10.8. The molecule has 0 rings (SSSR count). The molecule has 0 aliphatic heterocycles. The second-order valence-electron chi connectivity index (χ2n) is 9.05. The summed E-state index contributed by atoms with van der Waals surface area (Å²) < 4.78 is 6.77. The number of carbonyl (C=O) groups is 1. The minimum atomic E-state index is -2.02. The number of halogens is 1. The van der Waals surface area contributed by atoms with Gasteiger partial charge in [0.25, 0.3) is 5.91 Å². The second kappa shape index (κ2) is 13.1. The molecule has 0 bridgehead atoms. The zero-order valence-electron chi connectivity index (χ0n) is 20.2. The molecule has 7 heteroatoms. The van der Waals surface area contributed by atoms with Crippen LogP contribution in [0.3, 0.4) is 0 Å². The van der Waals surface area contributed by atoms with Crippen LogP contribution in [0, 0.1) is 5.92 Å². The van der Waals surface area contributed by atoms with Crippen LogP contribution in [0.2, 0.25) is 16.6 Å². The number of hydroxylamine groups is 2. The fourth-order valence-electron chi connectivity index (χ4n) is 4.35. The van der Waals surface area contributed by atoms with Crippen molar-refractivity contribution in [2.45, 2.75) is 97.1 Å². The fourth-order valence-corrected chi connectivity index (χ4v) is 10.1. The normalized spacial score (nSPS) is 16.4. The summed E-state index contributed by atoms with van der Waals surface area (Å²) in [5.74, 6) is -0.338. The molecule has 0 saturated carbocycles. The van der Waals surface area contributed by atoms with Gasteiger partial charge in [0, 0.05) is 7.05 Å². The highest BCUT2D eigenvalue weighted by Crippen LogP contribution is 2.43. The van der Waals surface area contributed by atoms with Gasteiger partial charge >= 0.3 is 0 Å². The maximum Gasteiger partial charge on any atom is 0.251 e. The summed E-state index contributed by atoms with van der Waals surface area (Å²) in [5, 5.41) is 11.6. The summed E-state index contributed by atoms with van der Waals surface area (Å²) in [5.41, 5.74) is 2.60. The summed E-state index contributed by atoms with van der Waals surface area (Å²) in [4.78, 5) is 17.0. The van der Waals surface area contributed by atoms with Crippen molar-refractivity contribution in [1.82, 2.24) is 5.06 Å². The SMILES string of the molecule is CON(C)C(=O)[C@H](C)[C@@H](O)CC/C(C)=C/C(CCl)O[Si](C(C)C)(C(C)C)C(C)C. The van der Waals surface area contributed by atoms with E-state index in [0.29, 0.717) is 35.3 Å². The predicted octanol–water partition coefficient (Wildman–Crippen LogP) is 5.53. The number of alkyl halides is 1. The van der Waals surface area contributed by atoms with E-state index in [2.05, 4.69) is 47.6 Å². The van der Waals surface area contributed by atoms with Gasteiger partial charge in [0.1, 0.15) is 0 Å². The van der Waals surface area contributed by atoms with Crippen LogP contribution in [0.4, 0.5) is 0 Å². The predicted molar refractivity (Wildman–Crippen MR) is 125 cm³/mol. The van der Waals surface area contributed by atoms with Gasteiger partial charge in [0.2, 0.25) is 8.32 Å². The zero-order chi connectivity index (χ0) is 22.9. The Bertz CT molecular complexity index is 503. The highest BCUT2D eigenvalue weighted by Gasteiger charge is 2.46. The largest absolute Gasteiger partial charge is 0.409 e. The van der Waals surface area contributed by atoms with E-state index in [1.165, 1.54) is 7.11 Å². The highest BCUT2D eigenvalue weighted by atomic mass is 35.5. The van der Waals surface area contributed by atoms with Crippen molar-refractivity contribution in [2.75, 3.05) is 20.0 Å². The van der Waals surface area contributed by atoms with Crippen molar-refractivity contribution in [2.24, 2.45) is 5.92 Å². The standard InChI is InChI=1S/C22H44ClNO4Si/c1-15(2)29(16(3)4,17(5)6)28-20(14-23)13-18(7)11-12-21(25)19(8)22(26)24(9)27-10/h13,15-17,19-21,25H,11-12,14H2,1-10H3/b18-13+/t19-,20?,21+/m1/s1. The van der Waals surface area contributed by atoms with Gasteiger partial charge in [-0.25, -0.2) is 5.06 Å². The zero-order valence-corrected chi connectivity index (χ0v) is 21.9. The van der Waals surface area contributed by atoms with Gasteiger partial charge in [-0.05, 0) is 36.4 Å². The first-order valence-corrected chi connectivity index (χ1v) is 13.4. The summed E-state index contributed by atoms with van der Waals surface area (Å²) in [6, 6.07) is 0. The average Bonchev–Trinajstić information content (AvgIpc) is 2.66. The molecule has 3 atom stereocenters. The third kappa shape index (κ3) is 7.98. The topological polar surface area (TPSA) is 59.0 Å². The van der Waals surface area contributed by atoms with Gasteiger partial charge in [0.15, 0.2) is 0 Å². The van der Waals surface area contributed by atoms with Gasteiger partial charge in [-0.1, -0.05) is 60.1 Å². The van der Waals surface area contributed by atoms with Crippen molar-refractivity contribution >= 4 is 25.8 Å². The van der Waals surface area contributed by atoms with Crippen LogP contribution in [0.15, 0.2) is 11.6 Å². The number of rotatable bonds is 13. The summed E-state index contributed by atoms with van der Waals surface area (Å²) in [6.07, 6.45) is 2.43. The lowest BCUT2D eigenvalue weighted by Gasteiger charge is -2.44. The Morgan fingerprint density at radius 2 is 1.59 bits per heavy atom. The van der Waals surface area contributed by atoms with Crippen LogP contribution >= 0.6 is 11.6 Å². The lowest BCUT2D eigenvalue weighted by molar-refractivity contribution is -0.176. The van der Waals surface area contributed by atoms with E-state index in [-0.39, 0.29) is 12.0 Å². The molecule has 1 unspecified atom stereocenters. The molecule has 172 valence electrons. The molecule has 0 aromatic rings. The van der Waals surface area contributed by atoms with Crippen molar-refractivity contribution < 1.29 is 19.2 Å². The lowest BCUT2D eigenvalue weighted by Crippen LogP contribution is -2.50. The molecule has 5 nitrogen and oxygen atoms in total. The minimum absolute atomic E-state index is 0.133. The van der Waals surface area contributed by atoms with Crippen molar-refractivity contribution in [1.29, 1.82) is 0 Å². The molecule has 0 aromatic heterocycles. The minimum Gasteiger partial charge on any atom is -0.409 e. The van der Waals surface area contributed by atoms with Crippen molar-refractivity contribution in [3.05, 3.63) is 11.6 Å². The quantitative estimate of drug-likeness (QED) is 0.174. The summed E-state index contributed by atoms with van der Waals surface area (Å²) >= 11 is 6.28. The summed E-state index contributed by atoms with van der Waals surface area (Å²) in [7, 11) is 0.969. The molecular weight excluding hydrogens is 406 g/mol. The van der Waals surface area contributed by atoms with E-state index >= 15 is 0 Å². The van der Waals surface area contributed by atoms with Crippen LogP contribution < -0.4 is 0 Å². The van der Waals surface area contributed by atoms with Crippen LogP contribution in [0.1, 0.15) is 68.2 Å². The van der Waals surface area contributed by atoms with Crippen LogP contribution in [-0.4, -0.2) is 56.6 Å². The average molecular weight is 450 g/mol. The molecule has 0 spiro atoms. The first-order chi connectivity index (χ1) is 13.3. The van der Waals surface area contributed by atoms with Gasteiger partial charge in [-0.3, -0.25) is 9.63 Å². The van der Waals surface area contributed by atoms with E-state index < -0.39 is 20.3 Å². The molecule has 0 fully saturated rings. The van der Waals surface area contributed by atoms with Crippen LogP contribution in [-0.2, 0) is 14.1 Å². The highest BCUT2D eigenvalue weighted by molar-refractivity contribution is 6.77. The van der Waals surface area contributed by atoms with E-state index in [4.69, 9.17) is 20.9 Å². The maximum atomic E-state index is 12.1. The number of allylic oxidation sites excluding steroid dienone is 1. The second-order valence-corrected chi connectivity index (χ2v) is 14.8. The monoisotopic (exact) mass is 449 g/mol. The van der Waals surface area contributed by atoms with Crippen LogP contribution in [0.5, 0.6) is 0 Å². The fraction of sp³-hybridized carbons (Fsp3) is 0.864. The first kappa shape index (κ1) is 28.6. The molecule has 0 aliphatic rings. The van der Waals surface area contributed by atoms with Gasteiger partial charge < -0.3 is 9.53 Å².